The van der Waals surface area contributed by atoms with Crippen molar-refractivity contribution in [2.75, 3.05) is 0 Å². The van der Waals surface area contributed by atoms with Crippen LogP contribution in [-0.2, 0) is 0 Å². The smallest absolute Gasteiger partial charge is 0.0522 e. The average Bonchev–Trinajstić information content (AvgIpc) is 1.88. The third kappa shape index (κ3) is 1.64. The van der Waals surface area contributed by atoms with E-state index in [1.807, 2.05) is 18.2 Å². The van der Waals surface area contributed by atoms with E-state index in [4.69, 9.17) is 6.42 Å². The minimum atomic E-state index is 0.892. The third-order valence-electron chi connectivity index (χ3n) is 1.09. The van der Waals surface area contributed by atoms with Gasteiger partial charge in [-0.15, -0.1) is 0 Å². The highest BCUT2D eigenvalue weighted by molar-refractivity contribution is 14.1. The molecule has 0 nitrogen and oxygen atoms in total. The van der Waals surface area contributed by atoms with Gasteiger partial charge >= 0.3 is 0 Å². The van der Waals surface area contributed by atoms with E-state index in [2.05, 4.69) is 51.1 Å². The Kier molecular flexibility index (Phi) is 2.98. The molecule has 0 N–H and O–H groups in total. The van der Waals surface area contributed by atoms with E-state index in [9.17, 15) is 0 Å². The Morgan fingerprint density at radius 2 is 1.70 bits per heavy atom. The van der Waals surface area contributed by atoms with E-state index >= 15 is 0 Å². The van der Waals surface area contributed by atoms with Gasteiger partial charge in [-0.2, -0.15) is 0 Å². The lowest BCUT2D eigenvalue weighted by Crippen LogP contribution is -1.84. The second-order valence-corrected chi connectivity index (χ2v) is 4.05. The number of hydrogen-bond donors (Lipinski definition) is 0. The molecule has 1 rings (SSSR count). The fourth-order valence-electron chi connectivity index (χ4n) is 0.617. The molecule has 0 aromatic heterocycles. The van der Waals surface area contributed by atoms with Crippen molar-refractivity contribution in [3.8, 4) is 5.92 Å². The van der Waals surface area contributed by atoms with Crippen LogP contribution in [0.15, 0.2) is 18.2 Å². The molecule has 49 valence electrons. The lowest BCUT2D eigenvalue weighted by atomic mass is 10.2. The van der Waals surface area contributed by atoms with Crippen molar-refractivity contribution < 1.29 is 0 Å². The first-order valence-electron chi connectivity index (χ1n) is 2.62. The number of benzene rings is 1. The van der Waals surface area contributed by atoms with Crippen molar-refractivity contribution in [1.82, 2.24) is 0 Å². The lowest BCUT2D eigenvalue weighted by Gasteiger charge is -1.96. The summed E-state index contributed by atoms with van der Waals surface area (Å²) in [5.41, 5.74) is 0.892. The fraction of sp³-hybridized carbons (Fsp3) is 0. The highest BCUT2D eigenvalue weighted by atomic mass is 127. The summed E-state index contributed by atoms with van der Waals surface area (Å²) in [6.07, 6.45) is 6.97. The summed E-state index contributed by atoms with van der Waals surface area (Å²) in [6, 6.07) is 5.92. The monoisotopic (exact) mass is 353 g/mol. The zero-order valence-electron chi connectivity index (χ0n) is 4.99. The molecule has 0 fully saturated rings. The third-order valence-corrected chi connectivity index (χ3v) is 2.89. The van der Waals surface area contributed by atoms with Crippen LogP contribution in [0.2, 0.25) is 0 Å². The largest absolute Gasteiger partial charge is 0.0601 e. The van der Waals surface area contributed by atoms with E-state index < -0.39 is 0 Å². The molecular formula is C8H3I2. The van der Waals surface area contributed by atoms with E-state index in [0.29, 0.717) is 0 Å². The predicted molar refractivity (Wildman–Crippen MR) is 58.1 cm³/mol. The maximum Gasteiger partial charge on any atom is 0.0522 e. The van der Waals surface area contributed by atoms with Crippen molar-refractivity contribution in [2.24, 2.45) is 0 Å². The molecule has 10 heavy (non-hydrogen) atoms. The molecule has 1 aromatic carbocycles. The van der Waals surface area contributed by atoms with Gasteiger partial charge in [0, 0.05) is 7.14 Å². The molecule has 2 heteroatoms. The Balaban J connectivity index is 3.34. The number of halogens is 2. The van der Waals surface area contributed by atoms with Crippen LogP contribution in [0.1, 0.15) is 5.56 Å². The summed E-state index contributed by atoms with van der Waals surface area (Å²) in [6.45, 7) is 0. The van der Waals surface area contributed by atoms with Gasteiger partial charge < -0.3 is 0 Å². The summed E-state index contributed by atoms with van der Waals surface area (Å²) in [5, 5.41) is 0. The van der Waals surface area contributed by atoms with Crippen LogP contribution in [0.5, 0.6) is 0 Å². The first kappa shape index (κ1) is 8.34. The van der Waals surface area contributed by atoms with Gasteiger partial charge in [0.15, 0.2) is 0 Å². The van der Waals surface area contributed by atoms with Crippen LogP contribution >= 0.6 is 45.2 Å². The van der Waals surface area contributed by atoms with Gasteiger partial charge in [-0.05, 0) is 63.7 Å². The Morgan fingerprint density at radius 3 is 2.00 bits per heavy atom. The molecule has 0 amide bonds. The fourth-order valence-corrected chi connectivity index (χ4v) is 2.40. The Morgan fingerprint density at radius 1 is 1.20 bits per heavy atom. The van der Waals surface area contributed by atoms with E-state index in [1.54, 1.807) is 0 Å². The number of hydrogen-bond acceptors (Lipinski definition) is 0. The van der Waals surface area contributed by atoms with Crippen molar-refractivity contribution in [1.29, 1.82) is 0 Å². The molecule has 0 heterocycles. The van der Waals surface area contributed by atoms with Crippen molar-refractivity contribution >= 4 is 45.2 Å². The molecule has 0 atom stereocenters. The highest BCUT2D eigenvalue weighted by Crippen LogP contribution is 2.17. The number of rotatable bonds is 0. The maximum atomic E-state index is 6.97. The molecule has 0 aliphatic carbocycles. The highest BCUT2D eigenvalue weighted by Gasteiger charge is 1.98. The molecular weight excluding hydrogens is 350 g/mol. The average molecular weight is 353 g/mol. The van der Waals surface area contributed by atoms with E-state index in [0.717, 1.165) is 12.7 Å². The summed E-state index contributed by atoms with van der Waals surface area (Å²) in [5.74, 6) is 2.40. The molecule has 0 spiro atoms. The Labute approximate surface area is 87.7 Å². The maximum absolute atomic E-state index is 6.97. The predicted octanol–water partition coefficient (Wildman–Crippen LogP) is 2.83. The minimum absolute atomic E-state index is 0.892. The molecule has 0 saturated carbocycles. The van der Waals surface area contributed by atoms with E-state index in [1.165, 1.54) is 0 Å². The standard InChI is InChI=1S/C8H3I2/c1-2-6-7(9)4-3-5-8(6)10/h3-5H. The Bertz CT molecular complexity index is 264. The van der Waals surface area contributed by atoms with Crippen LogP contribution < -0.4 is 0 Å². The molecule has 0 aliphatic rings. The summed E-state index contributed by atoms with van der Waals surface area (Å²) in [4.78, 5) is 0. The van der Waals surface area contributed by atoms with Crippen molar-refractivity contribution in [3.05, 3.63) is 37.3 Å². The molecule has 1 aromatic rings. The van der Waals surface area contributed by atoms with Gasteiger partial charge in [-0.3, -0.25) is 0 Å². The normalized spacial score (nSPS) is 8.90. The summed E-state index contributed by atoms with van der Waals surface area (Å²) in [7, 11) is 0. The van der Waals surface area contributed by atoms with Crippen LogP contribution in [0.3, 0.4) is 0 Å². The SMILES string of the molecule is [C]#Cc1c(I)cccc1I. The Hall–Kier alpha value is 0.240. The van der Waals surface area contributed by atoms with Gasteiger partial charge in [0.2, 0.25) is 0 Å². The topological polar surface area (TPSA) is 0 Å². The molecule has 0 unspecified atom stereocenters. The van der Waals surface area contributed by atoms with Gasteiger partial charge in [0.1, 0.15) is 0 Å². The van der Waals surface area contributed by atoms with Crippen molar-refractivity contribution in [2.45, 2.75) is 0 Å². The molecule has 0 aliphatic heterocycles. The molecule has 1 radical (unpaired) electrons. The quantitative estimate of drug-likeness (QED) is 0.497. The van der Waals surface area contributed by atoms with Crippen LogP contribution in [0.25, 0.3) is 0 Å². The minimum Gasteiger partial charge on any atom is -0.0601 e. The molecule has 0 bridgehead atoms. The van der Waals surface area contributed by atoms with Gasteiger partial charge in [-0.1, -0.05) is 12.0 Å². The second-order valence-electron chi connectivity index (χ2n) is 1.72. The first-order valence-corrected chi connectivity index (χ1v) is 4.78. The van der Waals surface area contributed by atoms with Crippen molar-refractivity contribution in [3.63, 3.8) is 0 Å². The lowest BCUT2D eigenvalue weighted by molar-refractivity contribution is 1.53. The van der Waals surface area contributed by atoms with Crippen LogP contribution in [0.4, 0.5) is 0 Å². The van der Waals surface area contributed by atoms with Crippen LogP contribution in [0, 0.1) is 19.5 Å². The summed E-state index contributed by atoms with van der Waals surface area (Å²) < 4.78 is 2.17. The summed E-state index contributed by atoms with van der Waals surface area (Å²) >= 11 is 4.40. The van der Waals surface area contributed by atoms with E-state index in [-0.39, 0.29) is 0 Å². The zero-order valence-corrected chi connectivity index (χ0v) is 9.30. The second kappa shape index (κ2) is 3.58. The van der Waals surface area contributed by atoms with Gasteiger partial charge in [0.05, 0.1) is 5.56 Å². The van der Waals surface area contributed by atoms with Gasteiger partial charge in [-0.25, -0.2) is 0 Å². The molecule has 0 saturated heterocycles. The van der Waals surface area contributed by atoms with Crippen LogP contribution in [-0.4, -0.2) is 0 Å². The zero-order chi connectivity index (χ0) is 7.56. The first-order chi connectivity index (χ1) is 4.75. The van der Waals surface area contributed by atoms with Gasteiger partial charge in [0.25, 0.3) is 0 Å².